The molecule has 0 rings (SSSR count). The Balaban J connectivity index is 4.17. The number of nitrogens with zero attached hydrogens (tertiary/aromatic N) is 1. The number of ether oxygens (including phenoxy) is 2. The average Bonchev–Trinajstić information content (AvgIpc) is 2.96. The number of carbonyl (C=O) groups excluding carboxylic acids is 1. The quantitative estimate of drug-likeness (QED) is 0.0275. The van der Waals surface area contributed by atoms with Gasteiger partial charge < -0.3 is 18.9 Å². The molecule has 2 atom stereocenters. The van der Waals surface area contributed by atoms with Crippen molar-refractivity contribution in [2.45, 2.75) is 116 Å². The van der Waals surface area contributed by atoms with Gasteiger partial charge in [0.05, 0.1) is 34.4 Å². The first-order valence-corrected chi connectivity index (χ1v) is 18.4. The lowest BCUT2D eigenvalue weighted by Gasteiger charge is -2.24. The van der Waals surface area contributed by atoms with Crippen molar-refractivity contribution < 1.29 is 37.3 Å². The van der Waals surface area contributed by atoms with Crippen molar-refractivity contribution in [1.29, 1.82) is 0 Å². The molecule has 0 saturated heterocycles. The number of quaternary nitrogens is 1. The molecule has 0 aliphatic rings. The van der Waals surface area contributed by atoms with E-state index >= 15 is 0 Å². The third-order valence-electron chi connectivity index (χ3n) is 6.65. The highest BCUT2D eigenvalue weighted by Crippen LogP contribution is 2.43. The van der Waals surface area contributed by atoms with Gasteiger partial charge in [-0.1, -0.05) is 101 Å². The van der Waals surface area contributed by atoms with Crippen LogP contribution in [0.25, 0.3) is 0 Å². The fraction of sp³-hybridized carbons (Fsp3) is 0.743. The summed E-state index contributed by atoms with van der Waals surface area (Å²) in [5, 5.41) is 0. The summed E-state index contributed by atoms with van der Waals surface area (Å²) in [7, 11) is 1.64. The van der Waals surface area contributed by atoms with Gasteiger partial charge in [-0.3, -0.25) is 13.8 Å². The minimum atomic E-state index is -4.26. The largest absolute Gasteiger partial charge is 0.472 e. The second-order valence-corrected chi connectivity index (χ2v) is 13.6. The van der Waals surface area contributed by atoms with E-state index in [1.807, 2.05) is 21.1 Å². The maximum absolute atomic E-state index is 12.3. The smallest absolute Gasteiger partial charge is 0.457 e. The van der Waals surface area contributed by atoms with Crippen molar-refractivity contribution in [3.63, 3.8) is 0 Å². The van der Waals surface area contributed by atoms with Gasteiger partial charge in [0, 0.05) is 13.0 Å². The third-order valence-corrected chi connectivity index (χ3v) is 7.64. The first-order chi connectivity index (χ1) is 21.1. The zero-order valence-electron chi connectivity index (χ0n) is 28.6. The summed E-state index contributed by atoms with van der Waals surface area (Å²) < 4.78 is 34.4. The summed E-state index contributed by atoms with van der Waals surface area (Å²) in [6.45, 7) is 5.30. The highest BCUT2D eigenvalue weighted by Gasteiger charge is 2.26. The summed E-state index contributed by atoms with van der Waals surface area (Å²) in [6.07, 6.45) is 31.9. The number of phosphoric acid groups is 1. The van der Waals surface area contributed by atoms with Gasteiger partial charge in [0.2, 0.25) is 0 Å². The van der Waals surface area contributed by atoms with Crippen LogP contribution in [0.3, 0.4) is 0 Å². The molecule has 0 spiro atoms. The SMILES string of the molecule is CC/C=C\C/C=C\C/C=C\C/C=C\CCCCCCCOCC(COP(=O)(O)OCC[N+](C)(C)C)OC(=O)CCCCCC. The Bertz CT molecular complexity index is 849. The number of unbranched alkanes of at least 4 members (excludes halogenated alkanes) is 8. The van der Waals surface area contributed by atoms with E-state index in [1.54, 1.807) is 0 Å². The molecular formula is C35H65NO7P+. The van der Waals surface area contributed by atoms with Crippen LogP contribution in [0.4, 0.5) is 0 Å². The van der Waals surface area contributed by atoms with Crippen LogP contribution < -0.4 is 0 Å². The molecule has 0 bridgehead atoms. The number of hydrogen-bond donors (Lipinski definition) is 1. The molecule has 256 valence electrons. The Morgan fingerprint density at radius 2 is 1.32 bits per heavy atom. The topological polar surface area (TPSA) is 91.3 Å². The molecule has 0 saturated carbocycles. The minimum Gasteiger partial charge on any atom is -0.457 e. The van der Waals surface area contributed by atoms with E-state index in [0.29, 0.717) is 24.1 Å². The van der Waals surface area contributed by atoms with Gasteiger partial charge in [-0.15, -0.1) is 0 Å². The monoisotopic (exact) mass is 642 g/mol. The van der Waals surface area contributed by atoms with Crippen molar-refractivity contribution >= 4 is 13.8 Å². The zero-order valence-corrected chi connectivity index (χ0v) is 29.5. The van der Waals surface area contributed by atoms with Crippen LogP contribution in [0.15, 0.2) is 48.6 Å². The van der Waals surface area contributed by atoms with Crippen LogP contribution in [-0.2, 0) is 27.9 Å². The van der Waals surface area contributed by atoms with E-state index < -0.39 is 13.9 Å². The van der Waals surface area contributed by atoms with Crippen LogP contribution in [0.1, 0.15) is 110 Å². The van der Waals surface area contributed by atoms with Gasteiger partial charge >= 0.3 is 13.8 Å². The molecule has 0 aliphatic heterocycles. The Morgan fingerprint density at radius 1 is 0.727 bits per heavy atom. The number of phosphoric ester groups is 1. The summed E-state index contributed by atoms with van der Waals surface area (Å²) in [4.78, 5) is 22.4. The maximum atomic E-state index is 12.3. The van der Waals surface area contributed by atoms with Crippen LogP contribution in [0.5, 0.6) is 0 Å². The molecule has 2 unspecified atom stereocenters. The summed E-state index contributed by atoms with van der Waals surface area (Å²) in [6, 6.07) is 0. The molecule has 0 radical (unpaired) electrons. The first kappa shape index (κ1) is 42.5. The maximum Gasteiger partial charge on any atom is 0.472 e. The second-order valence-electron chi connectivity index (χ2n) is 12.2. The fourth-order valence-electron chi connectivity index (χ4n) is 4.01. The third kappa shape index (κ3) is 31.9. The number of hydrogen-bond acceptors (Lipinski definition) is 6. The zero-order chi connectivity index (χ0) is 32.8. The predicted octanol–water partition coefficient (Wildman–Crippen LogP) is 8.87. The van der Waals surface area contributed by atoms with Crippen molar-refractivity contribution in [3.8, 4) is 0 Å². The van der Waals surface area contributed by atoms with E-state index in [9.17, 15) is 14.3 Å². The lowest BCUT2D eigenvalue weighted by atomic mass is 10.1. The molecule has 0 fully saturated rings. The lowest BCUT2D eigenvalue weighted by Crippen LogP contribution is -2.37. The molecule has 0 aromatic heterocycles. The number of rotatable bonds is 30. The molecule has 0 amide bonds. The van der Waals surface area contributed by atoms with E-state index in [2.05, 4.69) is 62.5 Å². The standard InChI is InChI=1S/C35H64NO7P/c1-6-8-10-12-13-14-15-16-17-18-19-20-21-22-23-24-25-27-30-40-32-34(43-35(37)28-26-11-9-7-2)33-42-44(38,39)41-31-29-36(3,4)5/h8,10,13-14,16-17,19-20,34H,6-7,9,11-12,15,18,21-33H2,1-5H3/p+1/b10-8-,14-13-,17-16-,20-19-. The minimum absolute atomic E-state index is 0.0824. The van der Waals surface area contributed by atoms with Gasteiger partial charge in [-0.05, 0) is 51.4 Å². The number of esters is 1. The highest BCUT2D eigenvalue weighted by atomic mass is 31.2. The molecule has 44 heavy (non-hydrogen) atoms. The highest BCUT2D eigenvalue weighted by molar-refractivity contribution is 7.47. The van der Waals surface area contributed by atoms with Gasteiger partial charge in [-0.2, -0.15) is 0 Å². The Labute approximate surface area is 269 Å². The molecule has 0 aromatic rings. The number of allylic oxidation sites excluding steroid dienone is 8. The van der Waals surface area contributed by atoms with Gasteiger partial charge in [0.15, 0.2) is 0 Å². The second kappa shape index (κ2) is 28.9. The number of likely N-dealkylation sites (N-methyl/N-ethyl adjacent to an activating group) is 1. The summed E-state index contributed by atoms with van der Waals surface area (Å²) in [5.74, 6) is -0.342. The van der Waals surface area contributed by atoms with Crippen LogP contribution in [0, 0.1) is 0 Å². The molecule has 0 aliphatic carbocycles. The van der Waals surface area contributed by atoms with E-state index in [4.69, 9.17) is 18.5 Å². The van der Waals surface area contributed by atoms with Gasteiger partial charge in [0.1, 0.15) is 19.3 Å². The van der Waals surface area contributed by atoms with Crippen molar-refractivity contribution in [2.24, 2.45) is 0 Å². The van der Waals surface area contributed by atoms with E-state index in [0.717, 1.165) is 77.0 Å². The molecule has 0 heterocycles. The van der Waals surface area contributed by atoms with Crippen LogP contribution in [0.2, 0.25) is 0 Å². The average molecular weight is 643 g/mol. The van der Waals surface area contributed by atoms with Crippen molar-refractivity contribution in [1.82, 2.24) is 0 Å². The fourth-order valence-corrected chi connectivity index (χ4v) is 4.75. The molecule has 8 nitrogen and oxygen atoms in total. The van der Waals surface area contributed by atoms with Crippen molar-refractivity contribution in [3.05, 3.63) is 48.6 Å². The Kier molecular flexibility index (Phi) is 27.9. The lowest BCUT2D eigenvalue weighted by molar-refractivity contribution is -0.870. The van der Waals surface area contributed by atoms with Gasteiger partial charge in [-0.25, -0.2) is 4.57 Å². The van der Waals surface area contributed by atoms with Crippen LogP contribution >= 0.6 is 7.82 Å². The normalized spacial score (nSPS) is 14.8. The molecule has 0 aromatic carbocycles. The molecular weight excluding hydrogens is 577 g/mol. The first-order valence-electron chi connectivity index (χ1n) is 16.9. The van der Waals surface area contributed by atoms with Crippen molar-refractivity contribution in [2.75, 3.05) is 54.1 Å². The van der Waals surface area contributed by atoms with E-state index in [-0.39, 0.29) is 25.8 Å². The predicted molar refractivity (Wildman–Crippen MR) is 182 cm³/mol. The Morgan fingerprint density at radius 3 is 1.95 bits per heavy atom. The summed E-state index contributed by atoms with van der Waals surface area (Å²) >= 11 is 0. The number of carbonyl (C=O) groups is 1. The molecule has 9 heteroatoms. The molecule has 1 N–H and O–H groups in total. The Hall–Kier alpha value is -1.54. The van der Waals surface area contributed by atoms with Crippen LogP contribution in [-0.4, -0.2) is 75.6 Å². The van der Waals surface area contributed by atoms with E-state index in [1.165, 1.54) is 12.8 Å². The van der Waals surface area contributed by atoms with Gasteiger partial charge in [0.25, 0.3) is 0 Å². The summed E-state index contributed by atoms with van der Waals surface area (Å²) in [5.41, 5.74) is 0.